The fourth-order valence-electron chi connectivity index (χ4n) is 2.23. The Bertz CT molecular complexity index is 244. The molecule has 1 saturated heterocycles. The molecule has 16 heavy (non-hydrogen) atoms. The minimum absolute atomic E-state index is 0.0640. The molecule has 0 saturated carbocycles. The molecule has 0 radical (unpaired) electrons. The quantitative estimate of drug-likeness (QED) is 0.392. The molecule has 3 N–H and O–H groups in total. The predicted molar refractivity (Wildman–Crippen MR) is 64.6 cm³/mol. The van der Waals surface area contributed by atoms with E-state index in [1.54, 1.807) is 0 Å². The van der Waals surface area contributed by atoms with Gasteiger partial charge in [0.15, 0.2) is 0 Å². The zero-order valence-electron chi connectivity index (χ0n) is 10.7. The maximum atomic E-state index is 11.5. The Morgan fingerprint density at radius 3 is 2.56 bits per heavy atom. The van der Waals surface area contributed by atoms with Crippen LogP contribution in [0.4, 0.5) is 0 Å². The lowest BCUT2D eigenvalue weighted by Crippen LogP contribution is -2.46. The number of hydrogen-bond donors (Lipinski definition) is 2. The number of nitrogens with zero attached hydrogens (tertiary/aromatic N) is 2. The van der Waals surface area contributed by atoms with Gasteiger partial charge in [-0.2, -0.15) is 0 Å². The molecule has 1 aliphatic rings. The zero-order valence-corrected chi connectivity index (χ0v) is 10.7. The fourth-order valence-corrected chi connectivity index (χ4v) is 2.23. The Kier molecular flexibility index (Phi) is 4.70. The molecule has 0 aliphatic carbocycles. The van der Waals surface area contributed by atoms with E-state index in [0.29, 0.717) is 6.04 Å². The van der Waals surface area contributed by atoms with Gasteiger partial charge in [-0.1, -0.05) is 6.92 Å². The SMILES string of the molecule is CC(C(=O)NN)C(C)N1CCC(N(C)C)C1. The van der Waals surface area contributed by atoms with E-state index >= 15 is 0 Å². The topological polar surface area (TPSA) is 61.6 Å². The number of carbonyl (C=O) groups excluding carboxylic acids is 1. The highest BCUT2D eigenvalue weighted by atomic mass is 16.2. The van der Waals surface area contributed by atoms with Gasteiger partial charge in [0.2, 0.25) is 5.91 Å². The summed E-state index contributed by atoms with van der Waals surface area (Å²) in [6, 6.07) is 0.851. The van der Waals surface area contributed by atoms with Crippen LogP contribution < -0.4 is 11.3 Å². The van der Waals surface area contributed by atoms with Gasteiger partial charge in [-0.25, -0.2) is 5.84 Å². The summed E-state index contributed by atoms with van der Waals surface area (Å²) in [6.45, 7) is 6.12. The van der Waals surface area contributed by atoms with E-state index in [0.717, 1.165) is 13.1 Å². The van der Waals surface area contributed by atoms with E-state index in [1.807, 2.05) is 6.92 Å². The van der Waals surface area contributed by atoms with Crippen molar-refractivity contribution in [1.29, 1.82) is 0 Å². The van der Waals surface area contributed by atoms with Crippen molar-refractivity contribution < 1.29 is 4.79 Å². The summed E-state index contributed by atoms with van der Waals surface area (Å²) in [5, 5.41) is 0. The summed E-state index contributed by atoms with van der Waals surface area (Å²) < 4.78 is 0. The second kappa shape index (κ2) is 5.61. The van der Waals surface area contributed by atoms with Crippen molar-refractivity contribution in [3.63, 3.8) is 0 Å². The Hall–Kier alpha value is -0.650. The smallest absolute Gasteiger partial charge is 0.238 e. The Morgan fingerprint density at radius 1 is 1.50 bits per heavy atom. The molecule has 3 unspecified atom stereocenters. The molecule has 0 bridgehead atoms. The molecule has 5 nitrogen and oxygen atoms in total. The normalized spacial score (nSPS) is 25.8. The number of rotatable bonds is 4. The number of hydrogen-bond acceptors (Lipinski definition) is 4. The molecular weight excluding hydrogens is 204 g/mol. The van der Waals surface area contributed by atoms with Gasteiger partial charge in [-0.15, -0.1) is 0 Å². The molecule has 3 atom stereocenters. The van der Waals surface area contributed by atoms with Crippen molar-refractivity contribution in [3.05, 3.63) is 0 Å². The summed E-state index contributed by atoms with van der Waals surface area (Å²) in [7, 11) is 4.21. The number of nitrogens with one attached hydrogen (secondary N) is 1. The Balaban J connectivity index is 2.50. The molecule has 1 rings (SSSR count). The van der Waals surface area contributed by atoms with Crippen LogP contribution >= 0.6 is 0 Å². The van der Waals surface area contributed by atoms with Crippen molar-refractivity contribution in [2.24, 2.45) is 11.8 Å². The van der Waals surface area contributed by atoms with Crippen LogP contribution in [0.1, 0.15) is 20.3 Å². The van der Waals surface area contributed by atoms with E-state index in [9.17, 15) is 4.79 Å². The first-order valence-electron chi connectivity index (χ1n) is 5.88. The average Bonchev–Trinajstić information content (AvgIpc) is 2.75. The minimum Gasteiger partial charge on any atom is -0.305 e. The van der Waals surface area contributed by atoms with Crippen LogP contribution in [0, 0.1) is 5.92 Å². The van der Waals surface area contributed by atoms with Gasteiger partial charge < -0.3 is 4.90 Å². The van der Waals surface area contributed by atoms with Crippen LogP contribution in [0.3, 0.4) is 0 Å². The number of carbonyl (C=O) groups is 1. The lowest BCUT2D eigenvalue weighted by Gasteiger charge is -2.29. The first kappa shape index (κ1) is 13.4. The van der Waals surface area contributed by atoms with Crippen molar-refractivity contribution in [2.75, 3.05) is 27.2 Å². The maximum Gasteiger partial charge on any atom is 0.238 e. The second-order valence-corrected chi connectivity index (χ2v) is 4.94. The number of amides is 1. The monoisotopic (exact) mass is 228 g/mol. The van der Waals surface area contributed by atoms with Crippen molar-refractivity contribution in [1.82, 2.24) is 15.2 Å². The van der Waals surface area contributed by atoms with Crippen molar-refractivity contribution in [3.8, 4) is 0 Å². The van der Waals surface area contributed by atoms with Gasteiger partial charge in [-0.05, 0) is 27.4 Å². The lowest BCUT2D eigenvalue weighted by molar-refractivity contribution is -0.126. The highest BCUT2D eigenvalue weighted by Gasteiger charge is 2.31. The van der Waals surface area contributed by atoms with E-state index in [2.05, 4.69) is 36.2 Å². The summed E-state index contributed by atoms with van der Waals surface area (Å²) in [5.74, 6) is 5.01. The van der Waals surface area contributed by atoms with Gasteiger partial charge in [0.25, 0.3) is 0 Å². The molecule has 5 heteroatoms. The van der Waals surface area contributed by atoms with E-state index in [-0.39, 0.29) is 17.9 Å². The Morgan fingerprint density at radius 2 is 2.12 bits per heavy atom. The van der Waals surface area contributed by atoms with Gasteiger partial charge in [0.1, 0.15) is 0 Å². The van der Waals surface area contributed by atoms with E-state index in [4.69, 9.17) is 5.84 Å². The molecule has 0 aromatic rings. The first-order chi connectivity index (χ1) is 7.47. The second-order valence-electron chi connectivity index (χ2n) is 4.94. The van der Waals surface area contributed by atoms with Gasteiger partial charge in [0, 0.05) is 25.2 Å². The molecule has 1 heterocycles. The summed E-state index contributed by atoms with van der Waals surface area (Å²) in [5.41, 5.74) is 2.23. The van der Waals surface area contributed by atoms with Crippen LogP contribution in [0.5, 0.6) is 0 Å². The highest BCUT2D eigenvalue weighted by Crippen LogP contribution is 2.20. The number of hydrazine groups is 1. The summed E-state index contributed by atoms with van der Waals surface area (Å²) >= 11 is 0. The third kappa shape index (κ3) is 2.93. The molecule has 0 aromatic carbocycles. The highest BCUT2D eigenvalue weighted by molar-refractivity contribution is 5.78. The zero-order chi connectivity index (χ0) is 12.3. The summed E-state index contributed by atoms with van der Waals surface area (Å²) in [6.07, 6.45) is 1.17. The predicted octanol–water partition coefficient (Wildman–Crippen LogP) is -0.363. The number of likely N-dealkylation sites (N-methyl/N-ethyl adjacent to an activating group) is 1. The first-order valence-corrected chi connectivity index (χ1v) is 5.88. The van der Waals surface area contributed by atoms with Crippen molar-refractivity contribution >= 4 is 5.91 Å². The Labute approximate surface area is 97.9 Å². The molecule has 94 valence electrons. The molecule has 0 aromatic heterocycles. The van der Waals surface area contributed by atoms with Crippen LogP contribution in [0.25, 0.3) is 0 Å². The molecule has 1 aliphatic heterocycles. The van der Waals surface area contributed by atoms with Crippen LogP contribution in [0.15, 0.2) is 0 Å². The average molecular weight is 228 g/mol. The molecule has 1 amide bonds. The van der Waals surface area contributed by atoms with Gasteiger partial charge in [0.05, 0.1) is 5.92 Å². The lowest BCUT2D eigenvalue weighted by atomic mass is 10.0. The summed E-state index contributed by atoms with van der Waals surface area (Å²) in [4.78, 5) is 16.1. The third-order valence-corrected chi connectivity index (χ3v) is 3.78. The molecule has 1 fully saturated rings. The molecular formula is C11H24N4O. The number of nitrogens with two attached hydrogens (primary N) is 1. The van der Waals surface area contributed by atoms with Crippen LogP contribution in [-0.2, 0) is 4.79 Å². The van der Waals surface area contributed by atoms with Gasteiger partial charge >= 0.3 is 0 Å². The fraction of sp³-hybridized carbons (Fsp3) is 0.909. The van der Waals surface area contributed by atoms with E-state index < -0.39 is 0 Å². The largest absolute Gasteiger partial charge is 0.305 e. The van der Waals surface area contributed by atoms with Crippen LogP contribution in [0.2, 0.25) is 0 Å². The van der Waals surface area contributed by atoms with E-state index in [1.165, 1.54) is 6.42 Å². The maximum absolute atomic E-state index is 11.5. The standard InChI is InChI=1S/C11H24N4O/c1-8(11(16)13-12)9(2)15-6-5-10(7-15)14(3)4/h8-10H,5-7,12H2,1-4H3,(H,13,16). The van der Waals surface area contributed by atoms with Crippen molar-refractivity contribution in [2.45, 2.75) is 32.4 Å². The molecule has 0 spiro atoms. The third-order valence-electron chi connectivity index (χ3n) is 3.78. The number of likely N-dealkylation sites (tertiary alicyclic amines) is 1. The minimum atomic E-state index is -0.0826. The van der Waals surface area contributed by atoms with Gasteiger partial charge in [-0.3, -0.25) is 15.1 Å². The van der Waals surface area contributed by atoms with Crippen LogP contribution in [-0.4, -0.2) is 55.0 Å².